The molecule has 34 heavy (non-hydrogen) atoms. The van der Waals surface area contributed by atoms with E-state index in [1.807, 2.05) is 13.0 Å². The maximum Gasteiger partial charge on any atom is 0.408 e. The number of hydrogen-bond donors (Lipinski definition) is 1. The number of amides is 1. The number of carbonyl (C=O) groups excluding carboxylic acids is 2. The lowest BCUT2D eigenvalue weighted by Crippen LogP contribution is -2.39. The first kappa shape index (κ1) is 23.5. The van der Waals surface area contributed by atoms with E-state index < -0.39 is 23.7 Å². The topological polar surface area (TPSA) is 94.8 Å². The van der Waals surface area contributed by atoms with Crippen molar-refractivity contribution < 1.29 is 23.5 Å². The lowest BCUT2D eigenvalue weighted by molar-refractivity contribution is -0.136. The first-order valence-corrected chi connectivity index (χ1v) is 11.5. The van der Waals surface area contributed by atoms with Gasteiger partial charge in [0.1, 0.15) is 16.9 Å². The van der Waals surface area contributed by atoms with E-state index in [1.54, 1.807) is 57.2 Å². The summed E-state index contributed by atoms with van der Waals surface area (Å²) in [6, 6.07) is 11.3. The van der Waals surface area contributed by atoms with Gasteiger partial charge in [-0.2, -0.15) is 0 Å². The van der Waals surface area contributed by atoms with Crippen molar-refractivity contribution in [1.82, 2.24) is 5.32 Å². The third kappa shape index (κ3) is 5.14. The molecule has 3 aromatic rings. The summed E-state index contributed by atoms with van der Waals surface area (Å²) in [5, 5.41) is 3.27. The average Bonchev–Trinajstić information content (AvgIpc) is 2.76. The molecule has 1 amide bonds. The summed E-state index contributed by atoms with van der Waals surface area (Å²) in [6.45, 7) is 7.08. The van der Waals surface area contributed by atoms with Crippen molar-refractivity contribution in [3.63, 3.8) is 0 Å². The zero-order chi connectivity index (χ0) is 24.5. The number of benzene rings is 2. The minimum atomic E-state index is -1.09. The molecule has 0 spiro atoms. The second-order valence-electron chi connectivity index (χ2n) is 9.60. The molecule has 7 nitrogen and oxygen atoms in total. The third-order valence-corrected chi connectivity index (χ3v) is 5.67. The summed E-state index contributed by atoms with van der Waals surface area (Å²) in [5.41, 5.74) is 2.19. The predicted molar refractivity (Wildman–Crippen MR) is 128 cm³/mol. The summed E-state index contributed by atoms with van der Waals surface area (Å²) < 4.78 is 16.8. The molecule has 0 saturated heterocycles. The van der Waals surface area contributed by atoms with Crippen LogP contribution in [-0.2, 0) is 22.4 Å². The maximum atomic E-state index is 13.4. The Hall–Kier alpha value is -3.61. The number of alkyl carbamates (subject to hydrolysis) is 1. The molecule has 1 atom stereocenters. The smallest absolute Gasteiger partial charge is 0.408 e. The molecule has 2 aromatic carbocycles. The van der Waals surface area contributed by atoms with Crippen LogP contribution in [0.3, 0.4) is 0 Å². The third-order valence-electron chi connectivity index (χ3n) is 5.67. The molecular weight excluding hydrogens is 434 g/mol. The van der Waals surface area contributed by atoms with Crippen molar-refractivity contribution in [2.45, 2.75) is 65.0 Å². The van der Waals surface area contributed by atoms with E-state index in [0.29, 0.717) is 40.7 Å². The molecule has 1 aliphatic rings. The van der Waals surface area contributed by atoms with Gasteiger partial charge in [0.2, 0.25) is 0 Å². The van der Waals surface area contributed by atoms with Crippen molar-refractivity contribution in [2.24, 2.45) is 0 Å². The SMILES string of the molecule is Cc1cc(OC(=O)[C@H](NC(=O)OC(C)(C)C)c2ccccc2)c2c3c(c(=O)oc2c1)CCCC3. The summed E-state index contributed by atoms with van der Waals surface area (Å²) in [6.07, 6.45) is 2.49. The summed E-state index contributed by atoms with van der Waals surface area (Å²) in [4.78, 5) is 38.4. The fourth-order valence-electron chi connectivity index (χ4n) is 4.26. The van der Waals surface area contributed by atoms with Crippen molar-refractivity contribution in [3.05, 3.63) is 75.1 Å². The molecule has 178 valence electrons. The summed E-state index contributed by atoms with van der Waals surface area (Å²) in [5.74, 6) is -0.353. The van der Waals surface area contributed by atoms with Crippen LogP contribution in [0.15, 0.2) is 51.7 Å². The standard InChI is InChI=1S/C27H29NO6/c1-16-14-20-22(18-12-8-9-13-19(18)24(29)32-20)21(15-16)33-25(30)23(17-10-6-5-7-11-17)28-26(31)34-27(2,3)4/h5-7,10-11,14-15,23H,8-9,12-13H2,1-4H3,(H,28,31)/t23-/m1/s1. The molecule has 1 heterocycles. The Morgan fingerprint density at radius 3 is 2.38 bits per heavy atom. The minimum Gasteiger partial charge on any atom is -0.444 e. The molecule has 0 unspecified atom stereocenters. The van der Waals surface area contributed by atoms with Gasteiger partial charge in [0.15, 0.2) is 6.04 Å². The van der Waals surface area contributed by atoms with E-state index in [2.05, 4.69) is 5.32 Å². The molecule has 4 rings (SSSR count). The number of esters is 1. The van der Waals surface area contributed by atoms with Crippen LogP contribution < -0.4 is 15.7 Å². The Bertz CT molecular complexity index is 1290. The second-order valence-corrected chi connectivity index (χ2v) is 9.60. The first-order chi connectivity index (χ1) is 16.1. The van der Waals surface area contributed by atoms with E-state index in [4.69, 9.17) is 13.9 Å². The highest BCUT2D eigenvalue weighted by molar-refractivity contribution is 5.92. The highest BCUT2D eigenvalue weighted by atomic mass is 16.6. The largest absolute Gasteiger partial charge is 0.444 e. The van der Waals surface area contributed by atoms with Gasteiger partial charge in [-0.15, -0.1) is 0 Å². The fourth-order valence-corrected chi connectivity index (χ4v) is 4.26. The van der Waals surface area contributed by atoms with Gasteiger partial charge in [-0.05, 0) is 82.2 Å². The lowest BCUT2D eigenvalue weighted by atomic mass is 9.90. The summed E-state index contributed by atoms with van der Waals surface area (Å²) in [7, 11) is 0. The van der Waals surface area contributed by atoms with Gasteiger partial charge in [-0.25, -0.2) is 14.4 Å². The van der Waals surface area contributed by atoms with Crippen LogP contribution in [-0.4, -0.2) is 17.7 Å². The van der Waals surface area contributed by atoms with Gasteiger partial charge in [-0.3, -0.25) is 0 Å². The zero-order valence-corrected chi connectivity index (χ0v) is 19.9. The maximum absolute atomic E-state index is 13.4. The molecule has 0 fully saturated rings. The number of fused-ring (bicyclic) bond motifs is 3. The molecule has 0 bridgehead atoms. The molecule has 1 aromatic heterocycles. The van der Waals surface area contributed by atoms with Gasteiger partial charge >= 0.3 is 17.7 Å². The van der Waals surface area contributed by atoms with Crippen LogP contribution in [0.4, 0.5) is 4.79 Å². The van der Waals surface area contributed by atoms with E-state index in [-0.39, 0.29) is 5.63 Å². The number of hydrogen-bond acceptors (Lipinski definition) is 6. The number of aryl methyl sites for hydroxylation is 2. The van der Waals surface area contributed by atoms with Crippen LogP contribution in [0.1, 0.15) is 61.9 Å². The van der Waals surface area contributed by atoms with E-state index in [9.17, 15) is 14.4 Å². The van der Waals surface area contributed by atoms with Crippen molar-refractivity contribution in [2.75, 3.05) is 0 Å². The molecule has 0 aliphatic heterocycles. The molecule has 0 radical (unpaired) electrons. The van der Waals surface area contributed by atoms with Crippen LogP contribution >= 0.6 is 0 Å². The van der Waals surface area contributed by atoms with E-state index in [0.717, 1.165) is 24.0 Å². The van der Waals surface area contributed by atoms with E-state index >= 15 is 0 Å². The quantitative estimate of drug-likeness (QED) is 0.327. The van der Waals surface area contributed by atoms with E-state index in [1.165, 1.54) is 0 Å². The van der Waals surface area contributed by atoms with Crippen molar-refractivity contribution in [3.8, 4) is 5.75 Å². The van der Waals surface area contributed by atoms with Gasteiger partial charge in [0.05, 0.1) is 5.39 Å². The monoisotopic (exact) mass is 463 g/mol. The van der Waals surface area contributed by atoms with Gasteiger partial charge < -0.3 is 19.2 Å². The van der Waals surface area contributed by atoms with Gasteiger partial charge in [0, 0.05) is 5.56 Å². The summed E-state index contributed by atoms with van der Waals surface area (Å²) >= 11 is 0. The molecular formula is C27H29NO6. The number of nitrogens with one attached hydrogen (secondary N) is 1. The first-order valence-electron chi connectivity index (χ1n) is 11.5. The Morgan fingerprint density at radius 2 is 1.71 bits per heavy atom. The van der Waals surface area contributed by atoms with Crippen LogP contribution in [0.25, 0.3) is 11.0 Å². The zero-order valence-electron chi connectivity index (χ0n) is 19.9. The predicted octanol–water partition coefficient (Wildman–Crippen LogP) is 5.15. The Balaban J connectivity index is 1.73. The van der Waals surface area contributed by atoms with Crippen molar-refractivity contribution >= 4 is 23.0 Å². The normalized spacial score (nSPS) is 14.2. The molecule has 7 heteroatoms. The lowest BCUT2D eigenvalue weighted by Gasteiger charge is -2.23. The highest BCUT2D eigenvalue weighted by Crippen LogP contribution is 2.35. The molecule has 0 saturated carbocycles. The van der Waals surface area contributed by atoms with Crippen LogP contribution in [0.5, 0.6) is 5.75 Å². The Labute approximate surface area is 198 Å². The fraction of sp³-hybridized carbons (Fsp3) is 0.370. The van der Waals surface area contributed by atoms with Crippen molar-refractivity contribution in [1.29, 1.82) is 0 Å². The number of ether oxygens (including phenoxy) is 2. The van der Waals surface area contributed by atoms with Gasteiger partial charge in [-0.1, -0.05) is 30.3 Å². The van der Waals surface area contributed by atoms with Gasteiger partial charge in [0.25, 0.3) is 0 Å². The minimum absolute atomic E-state index is 0.314. The highest BCUT2D eigenvalue weighted by Gasteiger charge is 2.29. The Kier molecular flexibility index (Phi) is 6.46. The molecule has 1 aliphatic carbocycles. The van der Waals surface area contributed by atoms with Crippen LogP contribution in [0.2, 0.25) is 0 Å². The number of rotatable bonds is 4. The van der Waals surface area contributed by atoms with Crippen LogP contribution in [0, 0.1) is 6.92 Å². The molecule has 1 N–H and O–H groups in total. The number of carbonyl (C=O) groups is 2. The Morgan fingerprint density at radius 1 is 1.03 bits per heavy atom. The average molecular weight is 464 g/mol. The second kappa shape index (κ2) is 9.33.